The maximum atomic E-state index is 9.95. The van der Waals surface area contributed by atoms with Gasteiger partial charge in [0.15, 0.2) is 0 Å². The smallest absolute Gasteiger partial charge is 0.756 e. The van der Waals surface area contributed by atoms with Gasteiger partial charge in [-0.2, -0.15) is 0 Å². The number of hydrogen-bond donors (Lipinski definition) is 0. The predicted octanol–water partition coefficient (Wildman–Crippen LogP) is -0.507. The van der Waals surface area contributed by atoms with Gasteiger partial charge in [-0.3, -0.25) is 9.13 Å². The molecule has 0 aromatic carbocycles. The Hall–Kier alpha value is 0.726. The van der Waals surface area contributed by atoms with E-state index in [1.54, 1.807) is 0 Å². The first-order valence-corrected chi connectivity index (χ1v) is 6.01. The zero-order chi connectivity index (χ0) is 11.8. The number of phosphoric acid groups is 2. The van der Waals surface area contributed by atoms with E-state index in [1.807, 2.05) is 0 Å². The molecule has 8 nitrogen and oxygen atoms in total. The first-order valence-electron chi connectivity index (χ1n) is 3.09. The molecule has 0 heterocycles. The molecule has 0 spiro atoms. The monoisotopic (exact) mass is 309 g/mol. The predicted molar refractivity (Wildman–Crippen MR) is 43.2 cm³/mol. The second-order valence-electron chi connectivity index (χ2n) is 1.62. The van der Waals surface area contributed by atoms with Crippen molar-refractivity contribution in [2.45, 2.75) is 0 Å². The largest absolute Gasteiger partial charge is 2.00 e. The molecule has 0 atom stereocenters. The van der Waals surface area contributed by atoms with E-state index in [9.17, 15) is 18.9 Å². The maximum Gasteiger partial charge on any atom is 2.00 e. The van der Waals surface area contributed by atoms with E-state index < -0.39 is 15.6 Å². The van der Waals surface area contributed by atoms with Crippen LogP contribution in [0.1, 0.15) is 0 Å². The molecule has 0 aromatic rings. The summed E-state index contributed by atoms with van der Waals surface area (Å²) in [5.74, 6) is 0. The summed E-state index contributed by atoms with van der Waals surface area (Å²) in [5.41, 5.74) is 0. The quantitative estimate of drug-likeness (QED) is 0.637. The standard InChI is InChI=1S/2C2H7O4P.Co/c2*1-5-7(3,4)6-2;/h2*1-2H3,(H,3,4);/q;;+2/p-2. The Kier molecular flexibility index (Phi) is 13.9. The molecule has 0 fully saturated rings. The molecule has 0 bridgehead atoms. The van der Waals surface area contributed by atoms with Gasteiger partial charge in [0.1, 0.15) is 0 Å². The first-order chi connectivity index (χ1) is 6.24. The van der Waals surface area contributed by atoms with Crippen molar-refractivity contribution in [2.24, 2.45) is 0 Å². The van der Waals surface area contributed by atoms with Crippen LogP contribution in [0.4, 0.5) is 0 Å². The summed E-state index contributed by atoms with van der Waals surface area (Å²) in [6, 6.07) is 0. The SMILES string of the molecule is COP(=O)([O-])OC.COP(=O)([O-])OC.[Co+2]. The van der Waals surface area contributed by atoms with Crippen LogP contribution in [0.25, 0.3) is 0 Å². The molecule has 0 aromatic heterocycles. The minimum absolute atomic E-state index is 0. The molecule has 0 saturated heterocycles. The summed E-state index contributed by atoms with van der Waals surface area (Å²) >= 11 is 0. The molecule has 0 aliphatic heterocycles. The fraction of sp³-hybridized carbons (Fsp3) is 1.00. The molecule has 0 unspecified atom stereocenters. The summed E-state index contributed by atoms with van der Waals surface area (Å²) in [7, 11) is -3.65. The van der Waals surface area contributed by atoms with Crippen LogP contribution >= 0.6 is 15.6 Å². The van der Waals surface area contributed by atoms with E-state index in [4.69, 9.17) is 0 Å². The Morgan fingerprint density at radius 2 is 0.867 bits per heavy atom. The van der Waals surface area contributed by atoms with Crippen LogP contribution in [0.2, 0.25) is 0 Å². The fourth-order valence-electron chi connectivity index (χ4n) is 0.149. The van der Waals surface area contributed by atoms with Crippen molar-refractivity contribution in [1.29, 1.82) is 0 Å². The topological polar surface area (TPSA) is 117 Å². The molecule has 15 heavy (non-hydrogen) atoms. The molecule has 0 rings (SSSR count). The van der Waals surface area contributed by atoms with Crippen LogP contribution in [0.15, 0.2) is 0 Å². The minimum Gasteiger partial charge on any atom is -0.756 e. The van der Waals surface area contributed by atoms with E-state index in [0.29, 0.717) is 0 Å². The van der Waals surface area contributed by atoms with Gasteiger partial charge in [0, 0.05) is 28.4 Å². The number of phosphoric ester groups is 2. The van der Waals surface area contributed by atoms with Gasteiger partial charge in [-0.15, -0.1) is 0 Å². The van der Waals surface area contributed by atoms with Gasteiger partial charge in [0.05, 0.1) is 0 Å². The van der Waals surface area contributed by atoms with Crippen LogP contribution < -0.4 is 9.79 Å². The van der Waals surface area contributed by atoms with Crippen LogP contribution in [0.5, 0.6) is 0 Å². The van der Waals surface area contributed by atoms with Crippen molar-refractivity contribution in [3.8, 4) is 0 Å². The van der Waals surface area contributed by atoms with Gasteiger partial charge in [-0.25, -0.2) is 0 Å². The number of rotatable bonds is 4. The van der Waals surface area contributed by atoms with Crippen molar-refractivity contribution < 1.29 is 53.8 Å². The van der Waals surface area contributed by atoms with Crippen LogP contribution in [0.3, 0.4) is 0 Å². The van der Waals surface area contributed by atoms with Crippen LogP contribution in [0, 0.1) is 0 Å². The summed E-state index contributed by atoms with van der Waals surface area (Å²) in [6.07, 6.45) is 0. The van der Waals surface area contributed by atoms with Crippen molar-refractivity contribution in [2.75, 3.05) is 28.4 Å². The second-order valence-corrected chi connectivity index (χ2v) is 4.87. The third-order valence-electron chi connectivity index (χ3n) is 0.894. The second kappa shape index (κ2) is 9.92. The molecule has 0 aliphatic rings. The first kappa shape index (κ1) is 21.1. The Labute approximate surface area is 98.3 Å². The molecule has 1 radical (unpaired) electrons. The van der Waals surface area contributed by atoms with Crippen molar-refractivity contribution >= 4 is 15.6 Å². The van der Waals surface area contributed by atoms with Crippen molar-refractivity contribution in [1.82, 2.24) is 0 Å². The normalized spacial score (nSPS) is 11.1. The van der Waals surface area contributed by atoms with E-state index in [-0.39, 0.29) is 16.8 Å². The number of hydrogen-bond acceptors (Lipinski definition) is 8. The van der Waals surface area contributed by atoms with Crippen LogP contribution in [-0.2, 0) is 44.0 Å². The molecular formula is C4H12CoO8P2. The van der Waals surface area contributed by atoms with Crippen molar-refractivity contribution in [3.63, 3.8) is 0 Å². The van der Waals surface area contributed by atoms with Gasteiger partial charge in [-0.05, 0) is 0 Å². The Morgan fingerprint density at radius 1 is 0.733 bits per heavy atom. The zero-order valence-electron chi connectivity index (χ0n) is 8.49. The molecule has 0 aliphatic carbocycles. The van der Waals surface area contributed by atoms with Crippen molar-refractivity contribution in [3.05, 3.63) is 0 Å². The average molecular weight is 309 g/mol. The van der Waals surface area contributed by atoms with Gasteiger partial charge in [-0.1, -0.05) is 0 Å². The summed E-state index contributed by atoms with van der Waals surface area (Å²) < 4.78 is 35.4. The summed E-state index contributed by atoms with van der Waals surface area (Å²) in [5, 5.41) is 0. The van der Waals surface area contributed by atoms with E-state index in [2.05, 4.69) is 18.1 Å². The van der Waals surface area contributed by atoms with Gasteiger partial charge in [0.25, 0.3) is 15.6 Å². The van der Waals surface area contributed by atoms with E-state index in [1.165, 1.54) is 0 Å². The third kappa shape index (κ3) is 14.7. The molecule has 0 saturated carbocycles. The molecule has 0 N–H and O–H groups in total. The maximum absolute atomic E-state index is 9.95. The Morgan fingerprint density at radius 3 is 0.867 bits per heavy atom. The molecule has 95 valence electrons. The summed E-state index contributed by atoms with van der Waals surface area (Å²) in [4.78, 5) is 19.9. The fourth-order valence-corrected chi connectivity index (χ4v) is 0.447. The van der Waals surface area contributed by atoms with Gasteiger partial charge < -0.3 is 27.9 Å². The molecule has 11 heteroatoms. The van der Waals surface area contributed by atoms with E-state index in [0.717, 1.165) is 28.4 Å². The van der Waals surface area contributed by atoms with Crippen LogP contribution in [-0.4, -0.2) is 28.4 Å². The Balaban J connectivity index is -0.000000180. The summed E-state index contributed by atoms with van der Waals surface area (Å²) in [6.45, 7) is 0. The van der Waals surface area contributed by atoms with Gasteiger partial charge >= 0.3 is 16.8 Å². The zero-order valence-corrected chi connectivity index (χ0v) is 11.3. The minimum atomic E-state index is -3.90. The van der Waals surface area contributed by atoms with E-state index >= 15 is 0 Å². The van der Waals surface area contributed by atoms with Gasteiger partial charge in [0.2, 0.25) is 0 Å². The third-order valence-corrected chi connectivity index (χ3v) is 2.68. The molecule has 0 amide bonds. The molecular weight excluding hydrogens is 297 g/mol. The Bertz CT molecular complexity index is 193. The average Bonchev–Trinajstić information content (AvgIpc) is 2.19.